The SMILES string of the molecule is COC(=O)C[C@](O)(CCCC(C)C)C(=O)O[C@@H]1C(OC)=C[C@@]23CCCN2C[C@@H](O)c2cc4c(cc2C13)OCO4. The van der Waals surface area contributed by atoms with Crippen molar-refractivity contribution in [3.8, 4) is 11.5 Å². The van der Waals surface area contributed by atoms with Crippen molar-refractivity contribution >= 4 is 11.9 Å². The zero-order chi connectivity index (χ0) is 27.9. The topological polar surface area (TPSA) is 124 Å². The maximum absolute atomic E-state index is 13.8. The van der Waals surface area contributed by atoms with Crippen LogP contribution >= 0.6 is 0 Å². The van der Waals surface area contributed by atoms with Gasteiger partial charge in [-0.1, -0.05) is 20.3 Å². The number of ether oxygens (including phenoxy) is 5. The van der Waals surface area contributed by atoms with Gasteiger partial charge in [-0.2, -0.15) is 0 Å². The summed E-state index contributed by atoms with van der Waals surface area (Å²) in [5, 5.41) is 22.8. The molecule has 5 atom stereocenters. The smallest absolute Gasteiger partial charge is 0.339 e. The summed E-state index contributed by atoms with van der Waals surface area (Å²) in [6.45, 7) is 5.38. The Labute approximate surface area is 228 Å². The monoisotopic (exact) mass is 545 g/mol. The molecule has 5 rings (SSSR count). The molecular formula is C29H39NO9. The Morgan fingerprint density at radius 1 is 1.21 bits per heavy atom. The highest BCUT2D eigenvalue weighted by Crippen LogP contribution is 2.57. The van der Waals surface area contributed by atoms with Gasteiger partial charge in [-0.25, -0.2) is 4.79 Å². The number of hydrogen-bond donors (Lipinski definition) is 2. The Balaban J connectivity index is 1.54. The van der Waals surface area contributed by atoms with Crippen LogP contribution in [0.15, 0.2) is 24.0 Å². The second-order valence-corrected chi connectivity index (χ2v) is 11.5. The summed E-state index contributed by atoms with van der Waals surface area (Å²) in [5.74, 6) is -0.0413. The summed E-state index contributed by atoms with van der Waals surface area (Å²) in [7, 11) is 2.76. The molecule has 39 heavy (non-hydrogen) atoms. The van der Waals surface area contributed by atoms with E-state index in [9.17, 15) is 19.8 Å². The summed E-state index contributed by atoms with van der Waals surface area (Å²) in [5.41, 5.74) is -1.14. The number of hydrogen-bond acceptors (Lipinski definition) is 10. The summed E-state index contributed by atoms with van der Waals surface area (Å²) in [6.07, 6.45) is 2.90. The highest BCUT2D eigenvalue weighted by Gasteiger charge is 2.60. The highest BCUT2D eigenvalue weighted by atomic mass is 16.7. The summed E-state index contributed by atoms with van der Waals surface area (Å²) < 4.78 is 28.0. The number of esters is 2. The number of methoxy groups -OCH3 is 2. The van der Waals surface area contributed by atoms with Gasteiger partial charge in [0.25, 0.3) is 0 Å². The number of aliphatic hydroxyl groups excluding tert-OH is 1. The molecule has 1 aliphatic carbocycles. The number of fused-ring (bicyclic) bond motifs is 3. The minimum absolute atomic E-state index is 0.0633. The van der Waals surface area contributed by atoms with Crippen molar-refractivity contribution in [3.63, 3.8) is 0 Å². The van der Waals surface area contributed by atoms with Crippen molar-refractivity contribution in [3.05, 3.63) is 35.1 Å². The van der Waals surface area contributed by atoms with Crippen LogP contribution < -0.4 is 9.47 Å². The highest BCUT2D eigenvalue weighted by molar-refractivity contribution is 5.86. The van der Waals surface area contributed by atoms with Crippen LogP contribution in [0, 0.1) is 5.92 Å². The van der Waals surface area contributed by atoms with E-state index in [-0.39, 0.29) is 13.2 Å². The molecule has 1 spiro atoms. The average Bonchev–Trinajstić information content (AvgIpc) is 3.58. The minimum Gasteiger partial charge on any atom is -0.497 e. The van der Waals surface area contributed by atoms with Crippen LogP contribution in [-0.4, -0.2) is 78.4 Å². The standard InChI is InChI=1S/C29H39NO9/c1-17(2)7-5-9-29(34,14-24(32)36-4)27(33)39-26-23(35-3)13-28-8-6-10-30(28)15-20(31)18-11-21-22(38-16-37-21)12-19(18)25(26)28/h11-13,17,20,25-26,31,34H,5-10,14-16H2,1-4H3/t20-,25?,26-,28-,29-/m1/s1. The lowest BCUT2D eigenvalue weighted by molar-refractivity contribution is -0.178. The van der Waals surface area contributed by atoms with Crippen molar-refractivity contribution in [1.29, 1.82) is 0 Å². The molecule has 0 bridgehead atoms. The van der Waals surface area contributed by atoms with Gasteiger partial charge < -0.3 is 33.9 Å². The second-order valence-electron chi connectivity index (χ2n) is 11.5. The van der Waals surface area contributed by atoms with E-state index in [1.165, 1.54) is 14.2 Å². The van der Waals surface area contributed by atoms with E-state index >= 15 is 0 Å². The van der Waals surface area contributed by atoms with E-state index in [1.807, 2.05) is 12.1 Å². The maximum atomic E-state index is 13.8. The van der Waals surface area contributed by atoms with E-state index in [0.717, 1.165) is 31.4 Å². The van der Waals surface area contributed by atoms with Crippen LogP contribution in [0.5, 0.6) is 11.5 Å². The first-order valence-electron chi connectivity index (χ1n) is 13.8. The molecule has 3 heterocycles. The number of aliphatic hydroxyl groups is 2. The third-order valence-electron chi connectivity index (χ3n) is 8.66. The molecule has 1 saturated heterocycles. The molecule has 0 amide bonds. The molecule has 1 unspecified atom stereocenters. The lowest BCUT2D eigenvalue weighted by atomic mass is 9.77. The van der Waals surface area contributed by atoms with E-state index in [4.69, 9.17) is 23.7 Å². The second kappa shape index (κ2) is 10.6. The quantitative estimate of drug-likeness (QED) is 0.448. The van der Waals surface area contributed by atoms with Gasteiger partial charge in [0.2, 0.25) is 6.79 Å². The third-order valence-corrected chi connectivity index (χ3v) is 8.66. The van der Waals surface area contributed by atoms with E-state index in [1.54, 1.807) is 6.07 Å². The summed E-state index contributed by atoms with van der Waals surface area (Å²) in [6, 6.07) is 3.67. The molecule has 0 radical (unpaired) electrons. The van der Waals surface area contributed by atoms with Crippen molar-refractivity contribution in [2.24, 2.45) is 5.92 Å². The van der Waals surface area contributed by atoms with Crippen molar-refractivity contribution < 1.29 is 43.5 Å². The summed E-state index contributed by atoms with van der Waals surface area (Å²) >= 11 is 0. The van der Waals surface area contributed by atoms with Crippen LogP contribution in [-0.2, 0) is 23.8 Å². The number of benzene rings is 1. The first-order chi connectivity index (χ1) is 18.6. The average molecular weight is 546 g/mol. The summed E-state index contributed by atoms with van der Waals surface area (Å²) in [4.78, 5) is 28.2. The van der Waals surface area contributed by atoms with Gasteiger partial charge in [-0.05, 0) is 67.5 Å². The Kier molecular flexibility index (Phi) is 7.56. The Hall–Kier alpha value is -2.82. The number of carbonyl (C=O) groups excluding carboxylic acids is 2. The van der Waals surface area contributed by atoms with Crippen molar-refractivity contribution in [2.75, 3.05) is 34.1 Å². The van der Waals surface area contributed by atoms with Gasteiger partial charge in [0.05, 0.1) is 38.2 Å². The Morgan fingerprint density at radius 2 is 1.92 bits per heavy atom. The number of β-amino-alcohol motifs (C(OH)–C–C–N with tert-alkyl or cyclic N) is 1. The van der Waals surface area contributed by atoms with E-state index in [0.29, 0.717) is 41.7 Å². The van der Waals surface area contributed by atoms with Crippen molar-refractivity contribution in [2.45, 2.75) is 81.6 Å². The lowest BCUT2D eigenvalue weighted by Gasteiger charge is -2.39. The lowest BCUT2D eigenvalue weighted by Crippen LogP contribution is -2.49. The van der Waals surface area contributed by atoms with Gasteiger partial charge in [0, 0.05) is 6.54 Å². The molecule has 3 aliphatic heterocycles. The fraction of sp³-hybridized carbons (Fsp3) is 0.655. The molecule has 2 N–H and O–H groups in total. The number of carbonyl (C=O) groups is 2. The molecule has 10 heteroatoms. The van der Waals surface area contributed by atoms with Crippen LogP contribution in [0.25, 0.3) is 0 Å². The van der Waals surface area contributed by atoms with Crippen molar-refractivity contribution in [1.82, 2.24) is 4.90 Å². The molecule has 214 valence electrons. The molecule has 4 aliphatic rings. The molecule has 0 saturated carbocycles. The fourth-order valence-corrected chi connectivity index (χ4v) is 6.71. The van der Waals surface area contributed by atoms with E-state index in [2.05, 4.69) is 18.7 Å². The maximum Gasteiger partial charge on any atom is 0.339 e. The third kappa shape index (κ3) is 4.87. The molecule has 1 fully saturated rings. The predicted octanol–water partition coefficient (Wildman–Crippen LogP) is 2.96. The zero-order valence-corrected chi connectivity index (χ0v) is 23.1. The predicted molar refractivity (Wildman–Crippen MR) is 139 cm³/mol. The van der Waals surface area contributed by atoms with Crippen LogP contribution in [0.2, 0.25) is 0 Å². The molecule has 1 aromatic carbocycles. The fourth-order valence-electron chi connectivity index (χ4n) is 6.71. The Morgan fingerprint density at radius 3 is 2.59 bits per heavy atom. The van der Waals surface area contributed by atoms with Gasteiger partial charge in [0.1, 0.15) is 5.76 Å². The number of rotatable bonds is 9. The minimum atomic E-state index is -2.05. The largest absolute Gasteiger partial charge is 0.497 e. The first-order valence-corrected chi connectivity index (χ1v) is 13.8. The normalized spacial score (nSPS) is 28.6. The van der Waals surface area contributed by atoms with Gasteiger partial charge in [0.15, 0.2) is 23.2 Å². The van der Waals surface area contributed by atoms with E-state index < -0.39 is 47.6 Å². The van der Waals surface area contributed by atoms with Gasteiger partial charge >= 0.3 is 11.9 Å². The molecule has 0 aromatic heterocycles. The molecular weight excluding hydrogens is 506 g/mol. The Bertz CT molecular complexity index is 1150. The zero-order valence-electron chi connectivity index (χ0n) is 23.1. The van der Waals surface area contributed by atoms with Crippen LogP contribution in [0.4, 0.5) is 0 Å². The van der Waals surface area contributed by atoms with Gasteiger partial charge in [-0.3, -0.25) is 9.69 Å². The van der Waals surface area contributed by atoms with Gasteiger partial charge in [-0.15, -0.1) is 0 Å². The van der Waals surface area contributed by atoms with Crippen LogP contribution in [0.1, 0.15) is 75.5 Å². The molecule has 1 aromatic rings. The molecule has 10 nitrogen and oxygen atoms in total. The van der Waals surface area contributed by atoms with Crippen LogP contribution in [0.3, 0.4) is 0 Å². The first kappa shape index (κ1) is 27.7. The number of nitrogens with zero attached hydrogens (tertiary/aromatic N) is 1.